The number of hydrogen-bond acceptors (Lipinski definition) is 5. The summed E-state index contributed by atoms with van der Waals surface area (Å²) in [5.41, 5.74) is 1.33. The first kappa shape index (κ1) is 18.7. The molecular weight excluding hydrogens is 346 g/mol. The van der Waals surface area contributed by atoms with Crippen molar-refractivity contribution < 1.29 is 13.0 Å². The number of aromatic nitrogens is 2. The molecule has 0 aliphatic carbocycles. The fraction of sp³-hybridized carbons (Fsp3) is 0.375. The molecule has 2 rings (SSSR count). The lowest BCUT2D eigenvalue weighted by atomic mass is 10.2. The lowest BCUT2D eigenvalue weighted by molar-refractivity contribution is 0.561. The van der Waals surface area contributed by atoms with Crippen LogP contribution in [0.1, 0.15) is 37.9 Å². The first-order valence-electron chi connectivity index (χ1n) is 7.36. The van der Waals surface area contributed by atoms with Gasteiger partial charge in [0.25, 0.3) is 10.0 Å². The van der Waals surface area contributed by atoms with E-state index in [4.69, 9.17) is 0 Å². The van der Waals surface area contributed by atoms with E-state index >= 15 is 0 Å². The van der Waals surface area contributed by atoms with Crippen molar-refractivity contribution in [3.8, 4) is 0 Å². The van der Waals surface area contributed by atoms with Crippen molar-refractivity contribution in [1.29, 1.82) is 0 Å². The molecule has 1 aromatic carbocycles. The minimum absolute atomic E-state index is 0.190. The van der Waals surface area contributed by atoms with Gasteiger partial charge >= 0.3 is 0 Å². The summed E-state index contributed by atoms with van der Waals surface area (Å²) < 4.78 is 41.9. The average molecular weight is 367 g/mol. The van der Waals surface area contributed by atoms with E-state index in [2.05, 4.69) is 9.38 Å². The predicted molar refractivity (Wildman–Crippen MR) is 96.2 cm³/mol. The standard InChI is InChI=1S/C16H21N3O3S2/c1-12-6-8-15(9-7-12)24(21,22)19-11-14(18-13(19)2)10-17-23(20)16(3,4)5/h6-11H,1-5H3/b17-10+. The molecule has 0 radical (unpaired) electrons. The smallest absolute Gasteiger partial charge is 0.269 e. The summed E-state index contributed by atoms with van der Waals surface area (Å²) in [5.74, 6) is 0.318. The maximum atomic E-state index is 12.7. The third kappa shape index (κ3) is 4.06. The number of rotatable bonds is 4. The summed E-state index contributed by atoms with van der Waals surface area (Å²) in [5, 5.41) is 0. The maximum absolute atomic E-state index is 12.7. The van der Waals surface area contributed by atoms with E-state index in [9.17, 15) is 13.0 Å². The van der Waals surface area contributed by atoms with Gasteiger partial charge in [0.15, 0.2) is 0 Å². The van der Waals surface area contributed by atoms with Crippen LogP contribution in [0.25, 0.3) is 0 Å². The highest BCUT2D eigenvalue weighted by molar-refractivity contribution is 7.91. The first-order valence-corrected chi connectivity index (χ1v) is 9.91. The van der Waals surface area contributed by atoms with E-state index in [1.165, 1.54) is 12.4 Å². The van der Waals surface area contributed by atoms with Gasteiger partial charge in [-0.05, 0) is 46.8 Å². The topological polar surface area (TPSA) is 87.4 Å². The van der Waals surface area contributed by atoms with Crippen LogP contribution in [0.2, 0.25) is 0 Å². The summed E-state index contributed by atoms with van der Waals surface area (Å²) in [7, 11) is -3.72. The van der Waals surface area contributed by atoms with Crippen molar-refractivity contribution in [3.05, 3.63) is 47.5 Å². The van der Waals surface area contributed by atoms with Crippen molar-refractivity contribution >= 4 is 27.6 Å². The van der Waals surface area contributed by atoms with E-state index in [-0.39, 0.29) is 4.90 Å². The zero-order valence-corrected chi connectivity index (χ0v) is 16.0. The normalized spacial score (nSPS) is 14.2. The summed E-state index contributed by atoms with van der Waals surface area (Å²) in [6, 6.07) is 6.61. The van der Waals surface area contributed by atoms with E-state index < -0.39 is 26.1 Å². The van der Waals surface area contributed by atoms with Gasteiger partial charge in [0, 0.05) is 0 Å². The van der Waals surface area contributed by atoms with E-state index in [0.717, 1.165) is 9.54 Å². The van der Waals surface area contributed by atoms with Gasteiger partial charge in [-0.1, -0.05) is 22.1 Å². The zero-order chi connectivity index (χ0) is 18.1. The third-order valence-corrected chi connectivity index (χ3v) is 6.34. The minimum atomic E-state index is -3.72. The summed E-state index contributed by atoms with van der Waals surface area (Å²) in [6.07, 6.45) is 2.73. The summed E-state index contributed by atoms with van der Waals surface area (Å²) >= 11 is -1.42. The lowest BCUT2D eigenvalue weighted by Crippen LogP contribution is -2.25. The molecule has 1 heterocycles. The van der Waals surface area contributed by atoms with Gasteiger partial charge in [-0.15, -0.1) is 0 Å². The third-order valence-electron chi connectivity index (χ3n) is 3.24. The maximum Gasteiger partial charge on any atom is 0.269 e. The van der Waals surface area contributed by atoms with Crippen LogP contribution in [0.4, 0.5) is 0 Å². The Balaban J connectivity index is 2.35. The molecule has 2 aromatic rings. The number of nitrogens with zero attached hydrogens (tertiary/aromatic N) is 3. The van der Waals surface area contributed by atoms with Crippen LogP contribution in [-0.4, -0.2) is 32.9 Å². The number of benzene rings is 1. The van der Waals surface area contributed by atoms with Crippen LogP contribution >= 0.6 is 0 Å². The second-order valence-corrected chi connectivity index (χ2v) is 10.2. The number of hydrogen-bond donors (Lipinski definition) is 0. The van der Waals surface area contributed by atoms with Crippen molar-refractivity contribution in [2.45, 2.75) is 44.3 Å². The van der Waals surface area contributed by atoms with Crippen molar-refractivity contribution in [1.82, 2.24) is 8.96 Å². The molecular formula is C16H21N3O3S2. The molecule has 1 aromatic heterocycles. The highest BCUT2D eigenvalue weighted by Gasteiger charge is 2.26. The molecule has 6 nitrogen and oxygen atoms in total. The molecule has 0 saturated heterocycles. The van der Waals surface area contributed by atoms with Gasteiger partial charge < -0.3 is 4.55 Å². The molecule has 8 heteroatoms. The largest absolute Gasteiger partial charge is 0.591 e. The Bertz CT molecular complexity index is 848. The van der Waals surface area contributed by atoms with E-state index in [1.54, 1.807) is 31.2 Å². The number of imidazole rings is 1. The first-order chi connectivity index (χ1) is 11.0. The molecule has 0 bridgehead atoms. The Morgan fingerprint density at radius 2 is 1.79 bits per heavy atom. The molecule has 24 heavy (non-hydrogen) atoms. The summed E-state index contributed by atoms with van der Waals surface area (Å²) in [6.45, 7) is 8.93. The Labute approximate surface area is 146 Å². The predicted octanol–water partition coefficient (Wildman–Crippen LogP) is 2.62. The fourth-order valence-electron chi connectivity index (χ4n) is 1.87. The van der Waals surface area contributed by atoms with Crippen LogP contribution in [0, 0.1) is 13.8 Å². The quantitative estimate of drug-likeness (QED) is 0.614. The fourth-order valence-corrected chi connectivity index (χ4v) is 3.73. The molecule has 0 fully saturated rings. The van der Waals surface area contributed by atoms with Crippen molar-refractivity contribution in [2.24, 2.45) is 4.40 Å². The molecule has 0 aliphatic heterocycles. The highest BCUT2D eigenvalue weighted by atomic mass is 32.2. The molecule has 130 valence electrons. The van der Waals surface area contributed by atoms with Gasteiger partial charge in [-0.25, -0.2) is 17.4 Å². The SMILES string of the molecule is Cc1ccc(S(=O)(=O)n2cc(/C=N/[S+]([O-])C(C)(C)C)nc2C)cc1. The molecule has 0 spiro atoms. The Kier molecular flexibility index (Phi) is 5.22. The van der Waals surface area contributed by atoms with Crippen LogP contribution in [0.5, 0.6) is 0 Å². The number of aryl methyl sites for hydroxylation is 2. The van der Waals surface area contributed by atoms with Crippen LogP contribution < -0.4 is 0 Å². The van der Waals surface area contributed by atoms with Gasteiger partial charge in [-0.2, -0.15) is 0 Å². The molecule has 1 unspecified atom stereocenters. The second-order valence-electron chi connectivity index (χ2n) is 6.42. The highest BCUT2D eigenvalue weighted by Crippen LogP contribution is 2.18. The molecule has 1 atom stereocenters. The minimum Gasteiger partial charge on any atom is -0.591 e. The molecule has 0 aliphatic rings. The van der Waals surface area contributed by atoms with Crippen LogP contribution in [0.3, 0.4) is 0 Å². The molecule has 0 N–H and O–H groups in total. The lowest BCUT2D eigenvalue weighted by Gasteiger charge is -2.17. The van der Waals surface area contributed by atoms with Gasteiger partial charge in [0.1, 0.15) is 33.8 Å². The van der Waals surface area contributed by atoms with E-state index in [0.29, 0.717) is 11.5 Å². The van der Waals surface area contributed by atoms with Gasteiger partial charge in [-0.3, -0.25) is 0 Å². The zero-order valence-electron chi connectivity index (χ0n) is 14.3. The second kappa shape index (κ2) is 6.70. The average Bonchev–Trinajstić information content (AvgIpc) is 2.86. The van der Waals surface area contributed by atoms with Crippen LogP contribution in [0.15, 0.2) is 39.8 Å². The molecule has 0 amide bonds. The van der Waals surface area contributed by atoms with Crippen LogP contribution in [-0.2, 0) is 21.4 Å². The Morgan fingerprint density at radius 1 is 1.21 bits per heavy atom. The Morgan fingerprint density at radius 3 is 2.33 bits per heavy atom. The van der Waals surface area contributed by atoms with Gasteiger partial charge in [0.05, 0.1) is 11.1 Å². The summed E-state index contributed by atoms with van der Waals surface area (Å²) in [4.78, 5) is 4.36. The Hall–Kier alpha value is -1.64. The van der Waals surface area contributed by atoms with Crippen molar-refractivity contribution in [3.63, 3.8) is 0 Å². The monoisotopic (exact) mass is 367 g/mol. The van der Waals surface area contributed by atoms with E-state index in [1.807, 2.05) is 27.7 Å². The van der Waals surface area contributed by atoms with Gasteiger partial charge in [0.2, 0.25) is 0 Å². The van der Waals surface area contributed by atoms with Crippen molar-refractivity contribution in [2.75, 3.05) is 0 Å². The molecule has 0 saturated carbocycles.